The lowest BCUT2D eigenvalue weighted by Gasteiger charge is -2.21. The summed E-state index contributed by atoms with van der Waals surface area (Å²) in [4.78, 5) is 72.9. The van der Waals surface area contributed by atoms with E-state index in [1.54, 1.807) is 0 Å². The van der Waals surface area contributed by atoms with E-state index in [-0.39, 0.29) is 25.7 Å². The quantitative estimate of drug-likeness (QED) is 0.0222. The highest BCUT2D eigenvalue weighted by Gasteiger charge is 2.30. The van der Waals surface area contributed by atoms with Crippen LogP contribution in [-0.4, -0.2) is 96.7 Å². The van der Waals surface area contributed by atoms with Gasteiger partial charge in [-0.05, 0) is 49.4 Å². The first kappa shape index (κ1) is 98.1. The molecule has 100 heavy (non-hydrogen) atoms. The Hall–Kier alpha value is -1.94. The lowest BCUT2D eigenvalue weighted by atomic mass is 9.99. The molecule has 0 saturated heterocycles. The highest BCUT2D eigenvalue weighted by molar-refractivity contribution is 7.47. The van der Waals surface area contributed by atoms with Crippen LogP contribution in [0.5, 0.6) is 0 Å². The number of carbonyl (C=O) groups is 4. The van der Waals surface area contributed by atoms with E-state index in [1.807, 2.05) is 0 Å². The molecule has 0 rings (SSSR count). The predicted octanol–water partition coefficient (Wildman–Crippen LogP) is 24.0. The maximum atomic E-state index is 13.1. The fraction of sp³-hybridized carbons (Fsp3) is 0.951. The van der Waals surface area contributed by atoms with Crippen LogP contribution in [0.3, 0.4) is 0 Å². The van der Waals surface area contributed by atoms with Crippen molar-refractivity contribution in [3.05, 3.63) is 0 Å². The first-order valence-corrected chi connectivity index (χ1v) is 44.7. The van der Waals surface area contributed by atoms with Crippen molar-refractivity contribution in [2.75, 3.05) is 39.6 Å². The molecule has 0 aromatic heterocycles. The molecule has 0 amide bonds. The zero-order valence-electron chi connectivity index (χ0n) is 65.8. The number of phosphoric acid groups is 2. The average Bonchev–Trinajstić information content (AvgIpc) is 0.916. The van der Waals surface area contributed by atoms with Crippen molar-refractivity contribution in [2.45, 2.75) is 433 Å². The van der Waals surface area contributed by atoms with Gasteiger partial charge in [0.1, 0.15) is 19.3 Å². The Balaban J connectivity index is 5.15. The molecular weight excluding hydrogens is 1310 g/mol. The zero-order chi connectivity index (χ0) is 73.8. The Kier molecular flexibility index (Phi) is 68.7. The van der Waals surface area contributed by atoms with Gasteiger partial charge in [0.15, 0.2) is 12.2 Å². The first-order valence-electron chi connectivity index (χ1n) is 41.7. The number of hydrogen-bond donors (Lipinski definition) is 3. The van der Waals surface area contributed by atoms with Crippen LogP contribution in [0.4, 0.5) is 0 Å². The van der Waals surface area contributed by atoms with E-state index in [4.69, 9.17) is 37.0 Å². The second-order valence-electron chi connectivity index (χ2n) is 30.8. The Morgan fingerprint density at radius 1 is 0.280 bits per heavy atom. The molecule has 0 aromatic carbocycles. The highest BCUT2D eigenvalue weighted by Crippen LogP contribution is 2.45. The van der Waals surface area contributed by atoms with Crippen LogP contribution in [0.15, 0.2) is 0 Å². The van der Waals surface area contributed by atoms with Crippen LogP contribution in [-0.2, 0) is 65.4 Å². The molecule has 19 heteroatoms. The number of esters is 4. The van der Waals surface area contributed by atoms with E-state index < -0.39 is 97.5 Å². The topological polar surface area (TPSA) is 237 Å². The Morgan fingerprint density at radius 2 is 0.480 bits per heavy atom. The molecule has 0 bridgehead atoms. The lowest BCUT2D eigenvalue weighted by molar-refractivity contribution is -0.161. The van der Waals surface area contributed by atoms with Crippen LogP contribution < -0.4 is 0 Å². The molecule has 4 unspecified atom stereocenters. The molecular formula is C81H158O17P2. The number of unbranched alkanes of at least 4 members (excludes halogenated alkanes) is 43. The van der Waals surface area contributed by atoms with E-state index in [9.17, 15) is 43.2 Å². The molecule has 17 nitrogen and oxygen atoms in total. The molecule has 0 aromatic rings. The molecule has 0 aliphatic rings. The Bertz CT molecular complexity index is 1960. The minimum Gasteiger partial charge on any atom is -0.462 e. The van der Waals surface area contributed by atoms with Crippen molar-refractivity contribution in [2.24, 2.45) is 23.7 Å². The van der Waals surface area contributed by atoms with Crippen molar-refractivity contribution >= 4 is 39.5 Å². The number of aliphatic hydroxyl groups is 1. The molecule has 594 valence electrons. The van der Waals surface area contributed by atoms with Crippen molar-refractivity contribution < 1.29 is 80.2 Å². The normalized spacial score (nSPS) is 14.3. The van der Waals surface area contributed by atoms with Crippen LogP contribution >= 0.6 is 15.6 Å². The summed E-state index contributed by atoms with van der Waals surface area (Å²) in [5, 5.41) is 10.6. The average molecular weight is 1470 g/mol. The predicted molar refractivity (Wildman–Crippen MR) is 409 cm³/mol. The number of rotatable bonds is 78. The molecule has 0 heterocycles. The van der Waals surface area contributed by atoms with Gasteiger partial charge in [-0.3, -0.25) is 37.3 Å². The van der Waals surface area contributed by atoms with Gasteiger partial charge in [-0.15, -0.1) is 0 Å². The molecule has 0 aliphatic carbocycles. The van der Waals surface area contributed by atoms with Crippen molar-refractivity contribution in [3.63, 3.8) is 0 Å². The third-order valence-corrected chi connectivity index (χ3v) is 21.1. The fourth-order valence-electron chi connectivity index (χ4n) is 12.4. The van der Waals surface area contributed by atoms with E-state index in [0.717, 1.165) is 108 Å². The van der Waals surface area contributed by atoms with Crippen LogP contribution in [0.1, 0.15) is 415 Å². The SMILES string of the molecule is CCC(C)CCCCCCCCCCCCCCCCCCCCC(=O)OC[C@H](COP(=O)(O)OCC(O)COP(=O)(O)OC[C@@H](COC(=O)CCCCCCCCCC(C)C)OC(=O)CCCCCCCCCCCCCCCCC(C)C)OC(=O)CCCCCCCCCCC(C)C. The summed E-state index contributed by atoms with van der Waals surface area (Å²) in [5.41, 5.74) is 0. The summed E-state index contributed by atoms with van der Waals surface area (Å²) < 4.78 is 68.6. The second-order valence-corrected chi connectivity index (χ2v) is 33.7. The molecule has 0 fully saturated rings. The summed E-state index contributed by atoms with van der Waals surface area (Å²) in [6.07, 6.45) is 57.1. The highest BCUT2D eigenvalue weighted by atomic mass is 31.2. The van der Waals surface area contributed by atoms with Crippen LogP contribution in [0.2, 0.25) is 0 Å². The van der Waals surface area contributed by atoms with Crippen molar-refractivity contribution in [3.8, 4) is 0 Å². The van der Waals surface area contributed by atoms with Crippen LogP contribution in [0.25, 0.3) is 0 Å². The van der Waals surface area contributed by atoms with Gasteiger partial charge in [-0.1, -0.05) is 364 Å². The number of phosphoric ester groups is 2. The van der Waals surface area contributed by atoms with Gasteiger partial charge in [-0.2, -0.15) is 0 Å². The Labute approximate surface area is 613 Å². The van der Waals surface area contributed by atoms with Crippen molar-refractivity contribution in [1.82, 2.24) is 0 Å². The van der Waals surface area contributed by atoms with E-state index in [1.165, 1.54) is 212 Å². The summed E-state index contributed by atoms with van der Waals surface area (Å²) in [6, 6.07) is 0. The van der Waals surface area contributed by atoms with Gasteiger partial charge >= 0.3 is 39.5 Å². The van der Waals surface area contributed by atoms with Gasteiger partial charge in [0.05, 0.1) is 26.4 Å². The third kappa shape index (κ3) is 73.0. The van der Waals surface area contributed by atoms with Crippen molar-refractivity contribution in [1.29, 1.82) is 0 Å². The zero-order valence-corrected chi connectivity index (χ0v) is 67.6. The van der Waals surface area contributed by atoms with E-state index in [0.29, 0.717) is 37.5 Å². The standard InChI is InChI=1S/C81H158O17P2/c1-9-74(8)60-52-44-36-27-23-19-14-12-10-11-13-15-20-24-28-37-45-53-61-78(83)91-67-76(98-81(86)64-56-48-39-31-30-34-42-50-58-72(4)5)69-95-99(87,88)93-65-75(82)66-94-100(89,90)96-70-77(68-92-79(84)62-54-46-40-32-35-43-51-59-73(6)7)97-80(85)63-55-47-38-29-25-21-17-16-18-22-26-33-41-49-57-71(2)3/h71-77,82H,9-70H2,1-8H3,(H,87,88)(H,89,90)/t74?,75?,76-,77-/m1/s1. The van der Waals surface area contributed by atoms with E-state index in [2.05, 4.69) is 55.4 Å². The van der Waals surface area contributed by atoms with Gasteiger partial charge in [0.2, 0.25) is 0 Å². The van der Waals surface area contributed by atoms with Gasteiger partial charge in [-0.25, -0.2) is 9.13 Å². The molecule has 3 N–H and O–H groups in total. The summed E-state index contributed by atoms with van der Waals surface area (Å²) >= 11 is 0. The molecule has 0 radical (unpaired) electrons. The minimum atomic E-state index is -4.96. The first-order chi connectivity index (χ1) is 48.1. The molecule has 0 aliphatic heterocycles. The lowest BCUT2D eigenvalue weighted by Crippen LogP contribution is -2.30. The number of hydrogen-bond acceptors (Lipinski definition) is 15. The van der Waals surface area contributed by atoms with Gasteiger partial charge < -0.3 is 33.8 Å². The Morgan fingerprint density at radius 3 is 0.710 bits per heavy atom. The fourth-order valence-corrected chi connectivity index (χ4v) is 14.0. The smallest absolute Gasteiger partial charge is 0.462 e. The second kappa shape index (κ2) is 70.1. The largest absolute Gasteiger partial charge is 0.472 e. The molecule has 6 atom stereocenters. The number of ether oxygens (including phenoxy) is 4. The maximum absolute atomic E-state index is 13.1. The number of aliphatic hydroxyl groups excluding tert-OH is 1. The summed E-state index contributed by atoms with van der Waals surface area (Å²) in [5.74, 6) is 0.974. The summed E-state index contributed by atoms with van der Waals surface area (Å²) in [7, 11) is -9.92. The third-order valence-electron chi connectivity index (χ3n) is 19.2. The molecule has 0 spiro atoms. The molecule has 0 saturated carbocycles. The van der Waals surface area contributed by atoms with E-state index >= 15 is 0 Å². The maximum Gasteiger partial charge on any atom is 0.472 e. The monoisotopic (exact) mass is 1470 g/mol. The van der Waals surface area contributed by atoms with Crippen LogP contribution in [0, 0.1) is 23.7 Å². The van der Waals surface area contributed by atoms with Gasteiger partial charge in [0, 0.05) is 25.7 Å². The minimum absolute atomic E-state index is 0.105. The van der Waals surface area contributed by atoms with Gasteiger partial charge in [0.25, 0.3) is 0 Å². The number of carbonyl (C=O) groups excluding carboxylic acids is 4. The summed E-state index contributed by atoms with van der Waals surface area (Å²) in [6.45, 7) is 14.2.